The number of ether oxygens (including phenoxy) is 2. The van der Waals surface area contributed by atoms with Crippen molar-refractivity contribution in [1.82, 2.24) is 10.3 Å². The molecule has 0 saturated carbocycles. The number of pyridine rings is 1. The van der Waals surface area contributed by atoms with Crippen LogP contribution in [-0.4, -0.2) is 30.8 Å². The van der Waals surface area contributed by atoms with Crippen LogP contribution in [0.2, 0.25) is 0 Å². The normalized spacial score (nSPS) is 15.9. The fourth-order valence-electron chi connectivity index (χ4n) is 1.38. The van der Waals surface area contributed by atoms with Crippen molar-refractivity contribution in [2.24, 2.45) is 0 Å². The number of rotatable bonds is 5. The van der Waals surface area contributed by atoms with Crippen LogP contribution in [0.5, 0.6) is 5.88 Å². The van der Waals surface area contributed by atoms with E-state index in [4.69, 9.17) is 9.47 Å². The van der Waals surface area contributed by atoms with Crippen molar-refractivity contribution in [2.45, 2.75) is 19.6 Å². The average Bonchev–Trinajstić information content (AvgIpc) is 2.23. The SMILES string of the molecule is CCNCc1ccnc(OC2COC2)c1F. The molecule has 0 radical (unpaired) electrons. The fourth-order valence-corrected chi connectivity index (χ4v) is 1.38. The third-order valence-corrected chi connectivity index (χ3v) is 2.39. The van der Waals surface area contributed by atoms with E-state index in [-0.39, 0.29) is 17.8 Å². The van der Waals surface area contributed by atoms with E-state index < -0.39 is 0 Å². The summed E-state index contributed by atoms with van der Waals surface area (Å²) in [4.78, 5) is 3.89. The highest BCUT2D eigenvalue weighted by Crippen LogP contribution is 2.20. The summed E-state index contributed by atoms with van der Waals surface area (Å²) in [5.74, 6) is -0.306. The van der Waals surface area contributed by atoms with Gasteiger partial charge in [-0.05, 0) is 12.6 Å². The largest absolute Gasteiger partial charge is 0.467 e. The minimum atomic E-state index is -0.379. The van der Waals surface area contributed by atoms with Crippen molar-refractivity contribution in [1.29, 1.82) is 0 Å². The second-order valence-electron chi connectivity index (χ2n) is 3.65. The lowest BCUT2D eigenvalue weighted by Gasteiger charge is -2.26. The highest BCUT2D eigenvalue weighted by molar-refractivity contribution is 5.23. The Balaban J connectivity index is 2.05. The van der Waals surface area contributed by atoms with Crippen molar-refractivity contribution < 1.29 is 13.9 Å². The van der Waals surface area contributed by atoms with Crippen molar-refractivity contribution in [2.75, 3.05) is 19.8 Å². The van der Waals surface area contributed by atoms with Crippen LogP contribution in [0.15, 0.2) is 12.3 Å². The molecule has 16 heavy (non-hydrogen) atoms. The molecule has 0 spiro atoms. The van der Waals surface area contributed by atoms with Gasteiger partial charge in [0, 0.05) is 18.3 Å². The van der Waals surface area contributed by atoms with E-state index in [1.54, 1.807) is 12.3 Å². The van der Waals surface area contributed by atoms with Crippen LogP contribution in [-0.2, 0) is 11.3 Å². The molecule has 0 aromatic carbocycles. The van der Waals surface area contributed by atoms with Crippen LogP contribution in [0.4, 0.5) is 4.39 Å². The molecule has 1 saturated heterocycles. The van der Waals surface area contributed by atoms with Gasteiger partial charge in [0.1, 0.15) is 6.10 Å². The predicted octanol–water partition coefficient (Wildman–Crippen LogP) is 1.11. The first-order valence-corrected chi connectivity index (χ1v) is 5.39. The fraction of sp³-hybridized carbons (Fsp3) is 0.545. The van der Waals surface area contributed by atoms with Crippen LogP contribution in [0.25, 0.3) is 0 Å². The Labute approximate surface area is 93.8 Å². The summed E-state index contributed by atoms with van der Waals surface area (Å²) in [6, 6.07) is 1.65. The molecule has 2 rings (SSSR count). The van der Waals surface area contributed by atoms with E-state index in [1.807, 2.05) is 6.92 Å². The molecular formula is C11H15FN2O2. The van der Waals surface area contributed by atoms with E-state index in [9.17, 15) is 4.39 Å². The molecule has 5 heteroatoms. The summed E-state index contributed by atoms with van der Waals surface area (Å²) in [7, 11) is 0. The van der Waals surface area contributed by atoms with Gasteiger partial charge >= 0.3 is 0 Å². The van der Waals surface area contributed by atoms with Gasteiger partial charge in [-0.3, -0.25) is 0 Å². The van der Waals surface area contributed by atoms with Gasteiger partial charge < -0.3 is 14.8 Å². The molecule has 1 aliphatic rings. The minimum absolute atomic E-state index is 0.0589. The Morgan fingerprint density at radius 2 is 2.44 bits per heavy atom. The van der Waals surface area contributed by atoms with Gasteiger partial charge in [-0.25, -0.2) is 9.37 Å². The number of nitrogens with zero attached hydrogens (tertiary/aromatic N) is 1. The maximum atomic E-state index is 13.8. The van der Waals surface area contributed by atoms with Gasteiger partial charge in [0.15, 0.2) is 5.82 Å². The summed E-state index contributed by atoms with van der Waals surface area (Å²) in [5, 5.41) is 3.07. The number of nitrogens with one attached hydrogen (secondary N) is 1. The van der Waals surface area contributed by atoms with Crippen molar-refractivity contribution in [3.05, 3.63) is 23.6 Å². The number of halogens is 1. The number of hydrogen-bond donors (Lipinski definition) is 1. The smallest absolute Gasteiger partial charge is 0.251 e. The summed E-state index contributed by atoms with van der Waals surface area (Å²) >= 11 is 0. The first-order chi connectivity index (χ1) is 7.81. The van der Waals surface area contributed by atoms with Crippen molar-refractivity contribution >= 4 is 0 Å². The third kappa shape index (κ3) is 2.48. The zero-order chi connectivity index (χ0) is 11.4. The molecule has 1 aromatic heterocycles. The maximum Gasteiger partial charge on any atom is 0.251 e. The topological polar surface area (TPSA) is 43.4 Å². The molecule has 0 bridgehead atoms. The van der Waals surface area contributed by atoms with Crippen LogP contribution in [0.1, 0.15) is 12.5 Å². The summed E-state index contributed by atoms with van der Waals surface area (Å²) in [6.45, 7) is 4.29. The Hall–Kier alpha value is -1.20. The number of hydrogen-bond acceptors (Lipinski definition) is 4. The maximum absolute atomic E-state index is 13.8. The molecule has 4 nitrogen and oxygen atoms in total. The van der Waals surface area contributed by atoms with E-state index in [2.05, 4.69) is 10.3 Å². The van der Waals surface area contributed by atoms with Crippen LogP contribution < -0.4 is 10.1 Å². The zero-order valence-corrected chi connectivity index (χ0v) is 9.20. The molecule has 0 amide bonds. The molecule has 1 aliphatic heterocycles. The Morgan fingerprint density at radius 1 is 1.62 bits per heavy atom. The quantitative estimate of drug-likeness (QED) is 0.816. The zero-order valence-electron chi connectivity index (χ0n) is 9.20. The molecular weight excluding hydrogens is 211 g/mol. The van der Waals surface area contributed by atoms with Crippen molar-refractivity contribution in [3.63, 3.8) is 0 Å². The lowest BCUT2D eigenvalue weighted by atomic mass is 10.2. The van der Waals surface area contributed by atoms with Crippen LogP contribution in [0.3, 0.4) is 0 Å². The Bertz CT molecular complexity index is 356. The van der Waals surface area contributed by atoms with E-state index >= 15 is 0 Å². The molecule has 0 atom stereocenters. The lowest BCUT2D eigenvalue weighted by Crippen LogP contribution is -2.39. The first-order valence-electron chi connectivity index (χ1n) is 5.39. The molecule has 0 aliphatic carbocycles. The van der Waals surface area contributed by atoms with E-state index in [0.29, 0.717) is 25.3 Å². The highest BCUT2D eigenvalue weighted by atomic mass is 19.1. The van der Waals surface area contributed by atoms with Gasteiger partial charge in [-0.15, -0.1) is 0 Å². The summed E-state index contributed by atoms with van der Waals surface area (Å²) < 4.78 is 24.2. The predicted molar refractivity (Wildman–Crippen MR) is 56.8 cm³/mol. The summed E-state index contributed by atoms with van der Waals surface area (Å²) in [5.41, 5.74) is 0.576. The standard InChI is InChI=1S/C11H15FN2O2/c1-2-13-5-8-3-4-14-11(10(8)12)16-9-6-15-7-9/h3-4,9,13H,2,5-7H2,1H3. The second kappa shape index (κ2) is 5.23. The van der Waals surface area contributed by atoms with Crippen LogP contribution in [0, 0.1) is 5.82 Å². The molecule has 88 valence electrons. The van der Waals surface area contributed by atoms with Crippen molar-refractivity contribution in [3.8, 4) is 5.88 Å². The monoisotopic (exact) mass is 226 g/mol. The lowest BCUT2D eigenvalue weighted by molar-refractivity contribution is -0.0827. The van der Waals surface area contributed by atoms with Gasteiger partial charge in [-0.2, -0.15) is 0 Å². The minimum Gasteiger partial charge on any atom is -0.467 e. The highest BCUT2D eigenvalue weighted by Gasteiger charge is 2.22. The molecule has 1 N–H and O–H groups in total. The Kier molecular flexibility index (Phi) is 3.69. The Morgan fingerprint density at radius 3 is 3.06 bits per heavy atom. The molecule has 1 aromatic rings. The molecule has 2 heterocycles. The van der Waals surface area contributed by atoms with Gasteiger partial charge in [0.2, 0.25) is 0 Å². The van der Waals surface area contributed by atoms with Crippen LogP contribution >= 0.6 is 0 Å². The molecule has 0 unspecified atom stereocenters. The van der Waals surface area contributed by atoms with E-state index in [0.717, 1.165) is 6.54 Å². The van der Waals surface area contributed by atoms with Gasteiger partial charge in [-0.1, -0.05) is 6.92 Å². The molecule has 1 fully saturated rings. The average molecular weight is 226 g/mol. The second-order valence-corrected chi connectivity index (χ2v) is 3.65. The summed E-state index contributed by atoms with van der Waals surface area (Å²) in [6.07, 6.45) is 1.50. The van der Waals surface area contributed by atoms with Gasteiger partial charge in [0.25, 0.3) is 5.88 Å². The van der Waals surface area contributed by atoms with Gasteiger partial charge in [0.05, 0.1) is 13.2 Å². The third-order valence-electron chi connectivity index (χ3n) is 2.39. The number of aromatic nitrogens is 1. The van der Waals surface area contributed by atoms with E-state index in [1.165, 1.54) is 0 Å². The first kappa shape index (κ1) is 11.3.